The molecule has 0 amide bonds. The fraction of sp³-hybridized carbons (Fsp3) is 0.364. The van der Waals surface area contributed by atoms with E-state index in [1.54, 1.807) is 7.11 Å². The van der Waals surface area contributed by atoms with E-state index in [9.17, 15) is 0 Å². The minimum Gasteiger partial charge on any atom is -0.497 e. The quantitative estimate of drug-likeness (QED) is 0.756. The first-order valence-corrected chi connectivity index (χ1v) is 5.52. The Balaban J connectivity index is 2.23. The van der Waals surface area contributed by atoms with Crippen LogP contribution in [-0.2, 0) is 0 Å². The van der Waals surface area contributed by atoms with E-state index in [2.05, 4.69) is 10.2 Å². The van der Waals surface area contributed by atoms with E-state index in [0.29, 0.717) is 5.11 Å². The zero-order chi connectivity index (χ0) is 11.5. The lowest BCUT2D eigenvalue weighted by Crippen LogP contribution is -2.26. The summed E-state index contributed by atoms with van der Waals surface area (Å²) < 4.78 is 5.11. The van der Waals surface area contributed by atoms with Gasteiger partial charge in [-0.25, -0.2) is 0 Å². The zero-order valence-electron chi connectivity index (χ0n) is 9.25. The van der Waals surface area contributed by atoms with Crippen LogP contribution in [0.5, 0.6) is 5.75 Å². The van der Waals surface area contributed by atoms with Gasteiger partial charge < -0.3 is 9.64 Å². The molecule has 84 valence electrons. The number of azo groups is 1. The Morgan fingerprint density at radius 2 is 2.06 bits per heavy atom. The van der Waals surface area contributed by atoms with E-state index in [0.717, 1.165) is 17.9 Å². The van der Waals surface area contributed by atoms with Gasteiger partial charge in [0.2, 0.25) is 5.11 Å². The highest BCUT2D eigenvalue weighted by Crippen LogP contribution is 2.29. The van der Waals surface area contributed by atoms with Crippen LogP contribution in [0.4, 0.5) is 0 Å². The van der Waals surface area contributed by atoms with Crippen LogP contribution in [0.2, 0.25) is 0 Å². The number of hydrogen-bond acceptors (Lipinski definition) is 3. The molecule has 0 aliphatic carbocycles. The van der Waals surface area contributed by atoms with Crippen molar-refractivity contribution in [1.82, 2.24) is 4.90 Å². The van der Waals surface area contributed by atoms with Gasteiger partial charge in [0.1, 0.15) is 5.75 Å². The molecule has 0 fully saturated rings. The van der Waals surface area contributed by atoms with Gasteiger partial charge in [-0.1, -0.05) is 12.1 Å². The summed E-state index contributed by atoms with van der Waals surface area (Å²) in [6, 6.07) is 7.80. The van der Waals surface area contributed by atoms with Gasteiger partial charge in [-0.3, -0.25) is 0 Å². The first-order chi connectivity index (χ1) is 7.76. The Morgan fingerprint density at radius 1 is 1.38 bits per heavy atom. The fourth-order valence-electron chi connectivity index (χ4n) is 1.66. The predicted molar refractivity (Wildman–Crippen MR) is 65.6 cm³/mol. The van der Waals surface area contributed by atoms with Crippen molar-refractivity contribution in [3.05, 3.63) is 29.8 Å². The molecule has 5 heteroatoms. The number of nitrogens with zero attached hydrogens (tertiary/aromatic N) is 3. The van der Waals surface area contributed by atoms with Gasteiger partial charge in [0.25, 0.3) is 0 Å². The Bertz CT molecular complexity index is 416. The van der Waals surface area contributed by atoms with Crippen LogP contribution in [0.1, 0.15) is 18.7 Å². The third-order valence-corrected chi connectivity index (χ3v) is 2.86. The van der Waals surface area contributed by atoms with Crippen molar-refractivity contribution in [2.75, 3.05) is 13.7 Å². The van der Waals surface area contributed by atoms with Crippen LogP contribution in [0.25, 0.3) is 0 Å². The molecule has 0 saturated heterocycles. The summed E-state index contributed by atoms with van der Waals surface area (Å²) >= 11 is 5.11. The third kappa shape index (κ3) is 1.90. The molecular weight excluding hydrogens is 222 g/mol. The maximum Gasteiger partial charge on any atom is 0.218 e. The average molecular weight is 235 g/mol. The average Bonchev–Trinajstić information content (AvgIpc) is 2.70. The van der Waals surface area contributed by atoms with E-state index in [-0.39, 0.29) is 6.17 Å². The van der Waals surface area contributed by atoms with E-state index in [1.807, 2.05) is 36.1 Å². The smallest absolute Gasteiger partial charge is 0.218 e. The van der Waals surface area contributed by atoms with Gasteiger partial charge in [-0.2, -0.15) is 5.11 Å². The molecule has 0 saturated carbocycles. The number of benzene rings is 1. The van der Waals surface area contributed by atoms with Crippen LogP contribution in [0.15, 0.2) is 34.5 Å². The molecule has 0 N–H and O–H groups in total. The first-order valence-electron chi connectivity index (χ1n) is 5.11. The standard InChI is InChI=1S/C11H13N3OS/c1-3-14-10(12-13-11(14)16)8-4-6-9(15-2)7-5-8/h4-7,10H,3H2,1-2H3. The van der Waals surface area contributed by atoms with Crippen molar-refractivity contribution < 1.29 is 4.74 Å². The van der Waals surface area contributed by atoms with E-state index >= 15 is 0 Å². The maximum absolute atomic E-state index is 5.11. The second-order valence-electron chi connectivity index (χ2n) is 3.43. The third-order valence-electron chi connectivity index (χ3n) is 2.55. The topological polar surface area (TPSA) is 37.2 Å². The lowest BCUT2D eigenvalue weighted by molar-refractivity contribution is 0.363. The summed E-state index contributed by atoms with van der Waals surface area (Å²) in [7, 11) is 1.65. The van der Waals surface area contributed by atoms with E-state index in [1.165, 1.54) is 0 Å². The monoisotopic (exact) mass is 235 g/mol. The largest absolute Gasteiger partial charge is 0.497 e. The molecule has 0 bridgehead atoms. The summed E-state index contributed by atoms with van der Waals surface area (Å²) in [6.45, 7) is 2.85. The molecular formula is C11H13N3OS. The summed E-state index contributed by atoms with van der Waals surface area (Å²) in [5, 5.41) is 8.66. The molecule has 16 heavy (non-hydrogen) atoms. The van der Waals surface area contributed by atoms with Gasteiger partial charge in [-0.05, 0) is 36.8 Å². The minimum atomic E-state index is -0.0802. The second kappa shape index (κ2) is 4.57. The van der Waals surface area contributed by atoms with Crippen LogP contribution >= 0.6 is 12.2 Å². The van der Waals surface area contributed by atoms with Crippen molar-refractivity contribution in [2.45, 2.75) is 13.1 Å². The van der Waals surface area contributed by atoms with Gasteiger partial charge in [-0.15, -0.1) is 5.11 Å². The normalized spacial score (nSPS) is 19.2. The number of rotatable bonds is 3. The molecule has 0 aromatic heterocycles. The van der Waals surface area contributed by atoms with Crippen LogP contribution in [-0.4, -0.2) is 23.7 Å². The van der Waals surface area contributed by atoms with Crippen LogP contribution in [0, 0.1) is 0 Å². The Hall–Kier alpha value is -1.49. The van der Waals surface area contributed by atoms with Crippen molar-refractivity contribution >= 4 is 17.3 Å². The molecule has 0 radical (unpaired) electrons. The molecule has 1 aromatic carbocycles. The molecule has 1 atom stereocenters. The Kier molecular flexibility index (Phi) is 3.14. The Labute approximate surface area is 99.9 Å². The summed E-state index contributed by atoms with van der Waals surface area (Å²) in [4.78, 5) is 1.98. The van der Waals surface area contributed by atoms with Crippen molar-refractivity contribution in [3.8, 4) is 5.75 Å². The van der Waals surface area contributed by atoms with Crippen molar-refractivity contribution in [1.29, 1.82) is 0 Å². The van der Waals surface area contributed by atoms with Crippen LogP contribution < -0.4 is 4.74 Å². The summed E-state index contributed by atoms with van der Waals surface area (Å²) in [6.07, 6.45) is -0.0802. The second-order valence-corrected chi connectivity index (χ2v) is 3.80. The number of methoxy groups -OCH3 is 1. The van der Waals surface area contributed by atoms with Crippen LogP contribution in [0.3, 0.4) is 0 Å². The molecule has 1 aromatic rings. The SMILES string of the molecule is CCN1C(=S)N=NC1c1ccc(OC)cc1. The van der Waals surface area contributed by atoms with Crippen molar-refractivity contribution in [3.63, 3.8) is 0 Å². The highest BCUT2D eigenvalue weighted by Gasteiger charge is 2.26. The maximum atomic E-state index is 5.11. The molecule has 1 aliphatic heterocycles. The van der Waals surface area contributed by atoms with Gasteiger partial charge in [0.15, 0.2) is 6.17 Å². The van der Waals surface area contributed by atoms with Crippen molar-refractivity contribution in [2.24, 2.45) is 10.2 Å². The number of ether oxygens (including phenoxy) is 1. The molecule has 0 spiro atoms. The van der Waals surface area contributed by atoms with Gasteiger partial charge >= 0.3 is 0 Å². The Morgan fingerprint density at radius 3 is 2.62 bits per heavy atom. The molecule has 1 aliphatic rings. The number of thiocarbonyl (C=S) groups is 1. The minimum absolute atomic E-state index is 0.0802. The zero-order valence-corrected chi connectivity index (χ0v) is 10.1. The van der Waals surface area contributed by atoms with E-state index < -0.39 is 0 Å². The predicted octanol–water partition coefficient (Wildman–Crippen LogP) is 2.77. The first kappa shape index (κ1) is 11.0. The van der Waals surface area contributed by atoms with Gasteiger partial charge in [0, 0.05) is 6.54 Å². The fourth-order valence-corrected chi connectivity index (χ4v) is 1.94. The lowest BCUT2D eigenvalue weighted by Gasteiger charge is -2.21. The summed E-state index contributed by atoms with van der Waals surface area (Å²) in [5.74, 6) is 0.837. The molecule has 1 unspecified atom stereocenters. The lowest BCUT2D eigenvalue weighted by atomic mass is 10.1. The van der Waals surface area contributed by atoms with Gasteiger partial charge in [0.05, 0.1) is 7.11 Å². The number of hydrogen-bond donors (Lipinski definition) is 0. The highest BCUT2D eigenvalue weighted by atomic mass is 32.1. The molecule has 1 heterocycles. The highest BCUT2D eigenvalue weighted by molar-refractivity contribution is 7.80. The molecule has 2 rings (SSSR count). The molecule has 4 nitrogen and oxygen atoms in total. The summed E-state index contributed by atoms with van der Waals surface area (Å²) in [5.41, 5.74) is 1.08. The van der Waals surface area contributed by atoms with E-state index in [4.69, 9.17) is 17.0 Å².